The number of nitrogens with zero attached hydrogens (tertiary/aromatic N) is 1. The Bertz CT molecular complexity index is 578. The first-order chi connectivity index (χ1) is 9.81. The Kier molecular flexibility index (Phi) is 4.58. The molecule has 0 saturated carbocycles. The third-order valence-electron chi connectivity index (χ3n) is 3.90. The zero-order chi connectivity index (χ0) is 13.8. The quantitative estimate of drug-likeness (QED) is 0.818. The number of piperidine rings is 1. The van der Waals surface area contributed by atoms with Gasteiger partial charge in [-0.15, -0.1) is 0 Å². The van der Waals surface area contributed by atoms with E-state index in [9.17, 15) is 0 Å². The Morgan fingerprint density at radius 1 is 0.950 bits per heavy atom. The number of hydrogen-bond donors (Lipinski definition) is 0. The molecule has 1 fully saturated rings. The summed E-state index contributed by atoms with van der Waals surface area (Å²) < 4.78 is 7.01. The molecule has 0 amide bonds. The molecule has 0 radical (unpaired) electrons. The topological polar surface area (TPSA) is 12.5 Å². The Balaban J connectivity index is 1.58. The van der Waals surface area contributed by atoms with Gasteiger partial charge in [0.2, 0.25) is 0 Å². The molecule has 0 atom stereocenters. The van der Waals surface area contributed by atoms with Crippen molar-refractivity contribution in [1.82, 2.24) is 4.90 Å². The molecule has 1 aliphatic heterocycles. The summed E-state index contributed by atoms with van der Waals surface area (Å²) in [6, 6.07) is 12.6. The summed E-state index contributed by atoms with van der Waals surface area (Å²) in [5.41, 5.74) is 0. The van der Waals surface area contributed by atoms with Gasteiger partial charge in [-0.05, 0) is 61.0 Å². The lowest BCUT2D eigenvalue weighted by atomic mass is 10.1. The van der Waals surface area contributed by atoms with E-state index < -0.39 is 0 Å². The highest BCUT2D eigenvalue weighted by Crippen LogP contribution is 2.24. The molecule has 106 valence electrons. The van der Waals surface area contributed by atoms with Gasteiger partial charge in [0.05, 0.1) is 0 Å². The molecule has 1 saturated heterocycles. The van der Waals surface area contributed by atoms with E-state index in [4.69, 9.17) is 4.74 Å². The zero-order valence-corrected chi connectivity index (χ0v) is 13.2. The number of fused-ring (bicyclic) bond motifs is 1. The van der Waals surface area contributed by atoms with Crippen molar-refractivity contribution in [3.8, 4) is 5.75 Å². The molecule has 0 N–H and O–H groups in total. The van der Waals surface area contributed by atoms with Crippen LogP contribution in [0.2, 0.25) is 0 Å². The van der Waals surface area contributed by atoms with E-state index in [-0.39, 0.29) is 0 Å². The van der Waals surface area contributed by atoms with Gasteiger partial charge in [0.1, 0.15) is 12.4 Å². The molecule has 3 heteroatoms. The lowest BCUT2D eigenvalue weighted by molar-refractivity contribution is 0.183. The number of halogens is 1. The first-order valence-corrected chi connectivity index (χ1v) is 8.15. The molecule has 1 aliphatic rings. The van der Waals surface area contributed by atoms with Gasteiger partial charge in [0, 0.05) is 11.0 Å². The third-order valence-corrected chi connectivity index (χ3v) is 4.39. The van der Waals surface area contributed by atoms with Crippen molar-refractivity contribution in [2.45, 2.75) is 19.3 Å². The van der Waals surface area contributed by atoms with Crippen LogP contribution in [0.3, 0.4) is 0 Å². The molecule has 1 heterocycles. The average molecular weight is 334 g/mol. The molecule has 0 spiro atoms. The largest absolute Gasteiger partial charge is 0.492 e. The molecule has 0 aliphatic carbocycles. The van der Waals surface area contributed by atoms with Crippen LogP contribution >= 0.6 is 15.9 Å². The lowest BCUT2D eigenvalue weighted by Gasteiger charge is -2.26. The standard InChI is InChI=1S/C17H20BrNO/c18-16-6-4-15-13-17(7-5-14(15)12-16)20-11-10-19-8-2-1-3-9-19/h4-7,12-13H,1-3,8-11H2. The predicted molar refractivity (Wildman–Crippen MR) is 87.4 cm³/mol. The normalized spacial score (nSPS) is 16.4. The minimum Gasteiger partial charge on any atom is -0.492 e. The molecule has 2 aromatic rings. The Morgan fingerprint density at radius 3 is 2.55 bits per heavy atom. The molecule has 2 nitrogen and oxygen atoms in total. The molecular formula is C17H20BrNO. The fourth-order valence-corrected chi connectivity index (χ4v) is 3.14. The van der Waals surface area contributed by atoms with Crippen LogP contribution in [-0.2, 0) is 0 Å². The van der Waals surface area contributed by atoms with Crippen molar-refractivity contribution in [3.63, 3.8) is 0 Å². The fraction of sp³-hybridized carbons (Fsp3) is 0.412. The predicted octanol–water partition coefficient (Wildman–Crippen LogP) is 4.47. The number of hydrogen-bond acceptors (Lipinski definition) is 2. The van der Waals surface area contributed by atoms with Gasteiger partial charge in [-0.2, -0.15) is 0 Å². The molecule has 0 aromatic heterocycles. The van der Waals surface area contributed by atoms with Crippen molar-refractivity contribution in [2.75, 3.05) is 26.2 Å². The van der Waals surface area contributed by atoms with Gasteiger partial charge >= 0.3 is 0 Å². The summed E-state index contributed by atoms with van der Waals surface area (Å²) in [7, 11) is 0. The lowest BCUT2D eigenvalue weighted by Crippen LogP contribution is -2.33. The van der Waals surface area contributed by atoms with Crippen LogP contribution in [0.15, 0.2) is 40.9 Å². The minimum absolute atomic E-state index is 0.780. The number of ether oxygens (including phenoxy) is 1. The maximum Gasteiger partial charge on any atom is 0.120 e. The zero-order valence-electron chi connectivity index (χ0n) is 11.6. The minimum atomic E-state index is 0.780. The van der Waals surface area contributed by atoms with Gasteiger partial charge in [-0.3, -0.25) is 4.90 Å². The maximum atomic E-state index is 5.89. The van der Waals surface area contributed by atoms with Gasteiger partial charge in [0.25, 0.3) is 0 Å². The van der Waals surface area contributed by atoms with Crippen LogP contribution in [0, 0.1) is 0 Å². The van der Waals surface area contributed by atoms with E-state index in [2.05, 4.69) is 57.2 Å². The van der Waals surface area contributed by atoms with Gasteiger partial charge < -0.3 is 4.74 Å². The van der Waals surface area contributed by atoms with Crippen molar-refractivity contribution in [1.29, 1.82) is 0 Å². The number of benzene rings is 2. The van der Waals surface area contributed by atoms with Crippen molar-refractivity contribution < 1.29 is 4.74 Å². The van der Waals surface area contributed by atoms with Crippen molar-refractivity contribution in [3.05, 3.63) is 40.9 Å². The summed E-state index contributed by atoms with van der Waals surface area (Å²) in [6.45, 7) is 4.28. The Morgan fingerprint density at radius 2 is 1.70 bits per heavy atom. The first-order valence-electron chi connectivity index (χ1n) is 7.36. The summed E-state index contributed by atoms with van der Waals surface area (Å²) in [5, 5.41) is 2.46. The van der Waals surface area contributed by atoms with Crippen LogP contribution < -0.4 is 4.74 Å². The summed E-state index contributed by atoms with van der Waals surface area (Å²) in [6.07, 6.45) is 4.06. The second-order valence-electron chi connectivity index (χ2n) is 5.40. The van der Waals surface area contributed by atoms with E-state index in [1.165, 1.54) is 43.1 Å². The van der Waals surface area contributed by atoms with E-state index in [0.717, 1.165) is 23.4 Å². The average Bonchev–Trinajstić information content (AvgIpc) is 2.48. The van der Waals surface area contributed by atoms with E-state index >= 15 is 0 Å². The summed E-state index contributed by atoms with van der Waals surface area (Å²) in [4.78, 5) is 2.50. The van der Waals surface area contributed by atoms with E-state index in [1.54, 1.807) is 0 Å². The third kappa shape index (κ3) is 3.53. The monoisotopic (exact) mass is 333 g/mol. The maximum absolute atomic E-state index is 5.89. The summed E-state index contributed by atoms with van der Waals surface area (Å²) in [5.74, 6) is 0.969. The smallest absolute Gasteiger partial charge is 0.120 e. The van der Waals surface area contributed by atoms with Gasteiger partial charge in [0.15, 0.2) is 0 Å². The second kappa shape index (κ2) is 6.59. The van der Waals surface area contributed by atoms with Crippen LogP contribution in [0.5, 0.6) is 5.75 Å². The van der Waals surface area contributed by atoms with Crippen LogP contribution in [0.1, 0.15) is 19.3 Å². The molecule has 3 rings (SSSR count). The SMILES string of the molecule is Brc1ccc2cc(OCCN3CCCCC3)ccc2c1. The van der Waals surface area contributed by atoms with Crippen LogP contribution in [0.4, 0.5) is 0 Å². The molecule has 0 unspecified atom stereocenters. The summed E-state index contributed by atoms with van der Waals surface area (Å²) >= 11 is 3.50. The first kappa shape index (κ1) is 13.9. The van der Waals surface area contributed by atoms with Gasteiger partial charge in [-0.25, -0.2) is 0 Å². The molecule has 2 aromatic carbocycles. The fourth-order valence-electron chi connectivity index (χ4n) is 2.76. The van der Waals surface area contributed by atoms with Crippen LogP contribution in [0.25, 0.3) is 10.8 Å². The molecule has 20 heavy (non-hydrogen) atoms. The highest BCUT2D eigenvalue weighted by Gasteiger charge is 2.09. The second-order valence-corrected chi connectivity index (χ2v) is 6.32. The van der Waals surface area contributed by atoms with E-state index in [0.29, 0.717) is 0 Å². The highest BCUT2D eigenvalue weighted by atomic mass is 79.9. The number of rotatable bonds is 4. The van der Waals surface area contributed by atoms with Crippen molar-refractivity contribution >= 4 is 26.7 Å². The van der Waals surface area contributed by atoms with Crippen molar-refractivity contribution in [2.24, 2.45) is 0 Å². The number of likely N-dealkylation sites (tertiary alicyclic amines) is 1. The van der Waals surface area contributed by atoms with Gasteiger partial charge in [-0.1, -0.05) is 34.5 Å². The molecule has 0 bridgehead atoms. The Labute approximate surface area is 128 Å². The Hall–Kier alpha value is -1.06. The molecular weight excluding hydrogens is 314 g/mol. The van der Waals surface area contributed by atoms with Crippen LogP contribution in [-0.4, -0.2) is 31.1 Å². The highest BCUT2D eigenvalue weighted by molar-refractivity contribution is 9.10. The van der Waals surface area contributed by atoms with E-state index in [1.807, 2.05) is 0 Å².